The summed E-state index contributed by atoms with van der Waals surface area (Å²) in [7, 11) is 1.67. The lowest BCUT2D eigenvalue weighted by Crippen LogP contribution is -2.52. The summed E-state index contributed by atoms with van der Waals surface area (Å²) >= 11 is 6.49. The van der Waals surface area contributed by atoms with E-state index in [1.165, 1.54) is 19.2 Å². The maximum Gasteiger partial charge on any atom is 0.256 e. The molecule has 1 aliphatic carbocycles. The monoisotopic (exact) mass is 721 g/mol. The van der Waals surface area contributed by atoms with E-state index in [0.717, 1.165) is 62.1 Å². The van der Waals surface area contributed by atoms with Crippen LogP contribution in [0.2, 0.25) is 5.02 Å². The maximum absolute atomic E-state index is 6.49. The van der Waals surface area contributed by atoms with Gasteiger partial charge in [0.15, 0.2) is 0 Å². The van der Waals surface area contributed by atoms with Crippen molar-refractivity contribution in [2.75, 3.05) is 52.1 Å². The third-order valence-corrected chi connectivity index (χ3v) is 10.3. The molecule has 1 aromatic carbocycles. The van der Waals surface area contributed by atoms with Crippen LogP contribution in [-0.2, 0) is 20.8 Å². The van der Waals surface area contributed by atoms with Gasteiger partial charge in [0.1, 0.15) is 30.2 Å². The summed E-state index contributed by atoms with van der Waals surface area (Å²) in [5.74, 6) is 1.56. The zero-order valence-corrected chi connectivity index (χ0v) is 30.2. The van der Waals surface area contributed by atoms with Crippen LogP contribution in [0.1, 0.15) is 57.9 Å². The number of benzene rings is 1. The number of morpholine rings is 1. The van der Waals surface area contributed by atoms with E-state index in [1.807, 2.05) is 31.3 Å². The number of methoxy groups -OCH3 is 1. The van der Waals surface area contributed by atoms with Gasteiger partial charge in [-0.2, -0.15) is 5.10 Å². The van der Waals surface area contributed by atoms with Crippen molar-refractivity contribution in [3.63, 3.8) is 0 Å². The van der Waals surface area contributed by atoms with Crippen molar-refractivity contribution < 1.29 is 23.7 Å². The van der Waals surface area contributed by atoms with E-state index in [9.17, 15) is 0 Å². The van der Waals surface area contributed by atoms with E-state index in [0.29, 0.717) is 79.7 Å². The highest BCUT2D eigenvalue weighted by Gasteiger charge is 2.42. The van der Waals surface area contributed by atoms with Crippen LogP contribution in [0.3, 0.4) is 0 Å². The zero-order chi connectivity index (χ0) is 35.0. The molecule has 2 saturated heterocycles. The summed E-state index contributed by atoms with van der Waals surface area (Å²) in [5.41, 5.74) is 2.45. The summed E-state index contributed by atoms with van der Waals surface area (Å²) in [6.07, 6.45) is 16.3. The Bertz CT molecular complexity index is 1650. The van der Waals surface area contributed by atoms with E-state index in [1.54, 1.807) is 30.5 Å². The van der Waals surface area contributed by atoms with Crippen LogP contribution in [0.5, 0.6) is 11.6 Å². The Labute approximate surface area is 303 Å². The fourth-order valence-electron chi connectivity index (χ4n) is 7.49. The Morgan fingerprint density at radius 3 is 2.45 bits per heavy atom. The molecule has 3 atom stereocenters. The Morgan fingerprint density at radius 2 is 1.71 bits per heavy atom. The van der Waals surface area contributed by atoms with Gasteiger partial charge in [-0.25, -0.2) is 19.6 Å². The molecule has 2 aliphatic heterocycles. The molecule has 15 heteroatoms. The zero-order valence-electron chi connectivity index (χ0n) is 29.4. The maximum atomic E-state index is 6.49. The number of hydrogen-bond donors (Lipinski definition) is 1. The Balaban J connectivity index is 1.00. The summed E-state index contributed by atoms with van der Waals surface area (Å²) < 4.78 is 32.7. The smallest absolute Gasteiger partial charge is 0.256 e. The summed E-state index contributed by atoms with van der Waals surface area (Å²) in [6.45, 7) is 6.47. The van der Waals surface area contributed by atoms with Gasteiger partial charge in [-0.3, -0.25) is 9.58 Å². The first-order valence-electron chi connectivity index (χ1n) is 18.1. The fourth-order valence-corrected chi connectivity index (χ4v) is 7.65. The van der Waals surface area contributed by atoms with E-state index in [-0.39, 0.29) is 6.10 Å². The summed E-state index contributed by atoms with van der Waals surface area (Å²) in [5, 5.41) is 13.0. The third-order valence-electron chi connectivity index (χ3n) is 9.96. The normalized spacial score (nSPS) is 22.6. The van der Waals surface area contributed by atoms with E-state index >= 15 is 0 Å². The van der Waals surface area contributed by atoms with Gasteiger partial charge in [-0.05, 0) is 63.1 Å². The molecule has 0 amide bonds. The minimum absolute atomic E-state index is 0.169. The minimum atomic E-state index is -0.169. The second kappa shape index (κ2) is 17.1. The number of nitrogens with one attached hydrogen (secondary N) is 1. The third kappa shape index (κ3) is 8.98. The van der Waals surface area contributed by atoms with Gasteiger partial charge in [0.2, 0.25) is 5.95 Å². The molecular weight excluding hydrogens is 674 g/mol. The van der Waals surface area contributed by atoms with Crippen LogP contribution >= 0.6 is 11.6 Å². The number of halogens is 1. The van der Waals surface area contributed by atoms with Crippen LogP contribution in [0.25, 0.3) is 11.1 Å². The van der Waals surface area contributed by atoms with Crippen LogP contribution in [-0.4, -0.2) is 110 Å². The molecule has 4 aromatic rings. The van der Waals surface area contributed by atoms with Gasteiger partial charge in [0.05, 0.1) is 56.8 Å². The molecule has 0 radical (unpaired) electrons. The predicted molar refractivity (Wildman–Crippen MR) is 192 cm³/mol. The van der Waals surface area contributed by atoms with E-state index in [2.05, 4.69) is 34.9 Å². The van der Waals surface area contributed by atoms with Crippen molar-refractivity contribution >= 4 is 23.2 Å². The Morgan fingerprint density at radius 1 is 0.941 bits per heavy atom. The standard InChI is InChI=1S/C36H48ClN9O5/c1-25(19-44-24-38-23-41-44)51-34-16-26(4-11-32(34)37)27-17-39-36(40-18-27)42-33-20-45(43-35(33)50-13-3-12-48-15-14-47-2)28-5-7-29(8-6-28)46-30-9-10-31(46)22-49-21-30/h4,11,16-18,20,23-25,28-31H,3,5-10,12-15,19,21-22H2,1-2H3,(H,39,40,42)/t25-,28?,29?,30-,31+/m0/s1. The number of rotatable bonds is 17. The lowest BCUT2D eigenvalue weighted by molar-refractivity contribution is -0.0458. The summed E-state index contributed by atoms with van der Waals surface area (Å²) in [4.78, 5) is 16.1. The first-order valence-corrected chi connectivity index (χ1v) is 18.4. The average molecular weight is 722 g/mol. The van der Waals surface area contributed by atoms with Crippen molar-refractivity contribution in [3.8, 4) is 22.8 Å². The molecule has 51 heavy (non-hydrogen) atoms. The molecule has 0 unspecified atom stereocenters. The van der Waals surface area contributed by atoms with Gasteiger partial charge in [-0.1, -0.05) is 17.7 Å². The molecule has 3 aliphatic rings. The lowest BCUT2D eigenvalue weighted by Gasteiger charge is -2.43. The van der Waals surface area contributed by atoms with Crippen molar-refractivity contribution in [3.05, 3.63) is 54.5 Å². The highest BCUT2D eigenvalue weighted by molar-refractivity contribution is 6.32. The SMILES string of the molecule is COCCOCCCOc1nn(C2CCC(N3[C@@H]4CC[C@H]3COC4)CC2)cc1Nc1ncc(-c2ccc(Cl)c(O[C@@H](C)Cn3cncn3)c2)cn1. The number of fused-ring (bicyclic) bond motifs is 2. The van der Waals surface area contributed by atoms with Crippen LogP contribution < -0.4 is 14.8 Å². The molecular formula is C36H48ClN9O5. The first-order chi connectivity index (χ1) is 25.0. The number of hydrogen-bond acceptors (Lipinski definition) is 12. The molecule has 14 nitrogen and oxygen atoms in total. The van der Waals surface area contributed by atoms with Gasteiger partial charge in [0, 0.05) is 56.2 Å². The van der Waals surface area contributed by atoms with Gasteiger partial charge >= 0.3 is 0 Å². The highest BCUT2D eigenvalue weighted by atomic mass is 35.5. The first kappa shape index (κ1) is 35.6. The van der Waals surface area contributed by atoms with Crippen LogP contribution in [0.4, 0.5) is 11.6 Å². The number of ether oxygens (including phenoxy) is 5. The average Bonchev–Trinajstić information content (AvgIpc) is 3.87. The van der Waals surface area contributed by atoms with Gasteiger partial charge < -0.3 is 29.0 Å². The Hall–Kier alpha value is -3.82. The second-order valence-electron chi connectivity index (χ2n) is 13.6. The van der Waals surface area contributed by atoms with E-state index in [4.69, 9.17) is 40.4 Å². The number of anilines is 2. The van der Waals surface area contributed by atoms with Crippen LogP contribution in [0, 0.1) is 0 Å². The predicted octanol–water partition coefficient (Wildman–Crippen LogP) is 5.57. The van der Waals surface area contributed by atoms with Crippen molar-refractivity contribution in [1.82, 2.24) is 39.4 Å². The van der Waals surface area contributed by atoms with Crippen LogP contribution in [0.15, 0.2) is 49.4 Å². The molecule has 2 bridgehead atoms. The molecule has 1 N–H and O–H groups in total. The second-order valence-corrected chi connectivity index (χ2v) is 14.0. The van der Waals surface area contributed by atoms with Crippen molar-refractivity contribution in [1.29, 1.82) is 0 Å². The highest BCUT2D eigenvalue weighted by Crippen LogP contribution is 2.39. The number of nitrogens with zero attached hydrogens (tertiary/aromatic N) is 8. The molecule has 274 valence electrons. The number of aromatic nitrogens is 7. The molecule has 3 fully saturated rings. The largest absolute Gasteiger partial charge is 0.487 e. The lowest BCUT2D eigenvalue weighted by atomic mass is 9.89. The molecule has 0 spiro atoms. The van der Waals surface area contributed by atoms with E-state index < -0.39 is 0 Å². The molecule has 3 aromatic heterocycles. The molecule has 1 saturated carbocycles. The van der Waals surface area contributed by atoms with Gasteiger partial charge in [-0.15, -0.1) is 5.10 Å². The summed E-state index contributed by atoms with van der Waals surface area (Å²) in [6, 6.07) is 7.76. The quantitative estimate of drug-likeness (QED) is 0.137. The van der Waals surface area contributed by atoms with Crippen molar-refractivity contribution in [2.24, 2.45) is 0 Å². The van der Waals surface area contributed by atoms with Gasteiger partial charge in [0.25, 0.3) is 5.88 Å². The van der Waals surface area contributed by atoms with Crippen molar-refractivity contribution in [2.45, 2.75) is 88.7 Å². The molecule has 7 rings (SSSR count). The minimum Gasteiger partial charge on any atom is -0.487 e. The Kier molecular flexibility index (Phi) is 12.0. The fraction of sp³-hybridized carbons (Fsp3) is 0.583. The molecule has 5 heterocycles. The topological polar surface area (TPSA) is 136 Å².